The maximum absolute atomic E-state index is 13.1. The van der Waals surface area contributed by atoms with E-state index >= 15 is 0 Å². The third-order valence-corrected chi connectivity index (χ3v) is 5.34. The summed E-state index contributed by atoms with van der Waals surface area (Å²) in [6, 6.07) is 17.0. The number of carbonyl (C=O) groups excluding carboxylic acids is 2. The molecule has 2 aromatic carbocycles. The summed E-state index contributed by atoms with van der Waals surface area (Å²) in [6.07, 6.45) is 5.57. The van der Waals surface area contributed by atoms with Gasteiger partial charge in [-0.3, -0.25) is 4.79 Å². The normalized spacial score (nSPS) is 16.6. The minimum atomic E-state index is -0.482. The molecule has 1 unspecified atom stereocenters. The lowest BCUT2D eigenvalue weighted by molar-refractivity contribution is 0.1000. The fraction of sp³-hybridized carbons (Fsp3) is 0.273. The summed E-state index contributed by atoms with van der Waals surface area (Å²) in [7, 11) is 0. The third-order valence-electron chi connectivity index (χ3n) is 5.34. The molecule has 2 heterocycles. The molecule has 2 amide bonds. The molecule has 3 aromatic rings. The van der Waals surface area contributed by atoms with Gasteiger partial charge in [0.1, 0.15) is 5.69 Å². The molecule has 4 rings (SSSR count). The van der Waals surface area contributed by atoms with Crippen LogP contribution in [0.15, 0.2) is 60.8 Å². The summed E-state index contributed by atoms with van der Waals surface area (Å²) < 4.78 is 1.31. The maximum atomic E-state index is 13.1. The molecule has 1 aliphatic heterocycles. The van der Waals surface area contributed by atoms with Gasteiger partial charge in [-0.05, 0) is 43.4 Å². The van der Waals surface area contributed by atoms with Gasteiger partial charge in [0.2, 0.25) is 5.91 Å². The zero-order chi connectivity index (χ0) is 20.2. The molecule has 0 aliphatic carbocycles. The summed E-state index contributed by atoms with van der Waals surface area (Å²) in [6.45, 7) is 0.721. The van der Waals surface area contributed by atoms with E-state index in [4.69, 9.17) is 5.73 Å². The van der Waals surface area contributed by atoms with Gasteiger partial charge in [-0.2, -0.15) is 4.68 Å². The quantitative estimate of drug-likeness (QED) is 0.742. The second-order valence-corrected chi connectivity index (χ2v) is 7.31. The number of amides is 2. The van der Waals surface area contributed by atoms with Gasteiger partial charge >= 0.3 is 6.03 Å². The van der Waals surface area contributed by atoms with Gasteiger partial charge in [0, 0.05) is 23.7 Å². The van der Waals surface area contributed by atoms with E-state index < -0.39 is 5.91 Å². The van der Waals surface area contributed by atoms with Gasteiger partial charge in [-0.25, -0.2) is 4.79 Å². The number of rotatable bonds is 4. The Kier molecular flexibility index (Phi) is 5.37. The van der Waals surface area contributed by atoms with Crippen LogP contribution in [0.4, 0.5) is 4.79 Å². The van der Waals surface area contributed by atoms with E-state index in [0.717, 1.165) is 37.8 Å². The van der Waals surface area contributed by atoms with Crippen LogP contribution in [-0.4, -0.2) is 44.4 Å². The number of likely N-dealkylation sites (tertiary alicyclic amines) is 1. The van der Waals surface area contributed by atoms with E-state index in [9.17, 15) is 9.59 Å². The van der Waals surface area contributed by atoms with Crippen molar-refractivity contribution in [3.05, 3.63) is 71.9 Å². The number of hydrogen-bond donors (Lipinski definition) is 1. The van der Waals surface area contributed by atoms with Crippen molar-refractivity contribution < 1.29 is 9.59 Å². The number of primary amides is 1. The van der Waals surface area contributed by atoms with Gasteiger partial charge in [0.15, 0.2) is 0 Å². The molecule has 0 saturated carbocycles. The number of aromatic nitrogens is 3. The monoisotopic (exact) mass is 389 g/mol. The minimum absolute atomic E-state index is 0.154. The van der Waals surface area contributed by atoms with Gasteiger partial charge in [0.05, 0.1) is 6.20 Å². The van der Waals surface area contributed by atoms with Crippen LogP contribution in [0.5, 0.6) is 0 Å². The minimum Gasteiger partial charge on any atom is -0.366 e. The Morgan fingerprint density at radius 1 is 1.03 bits per heavy atom. The molecule has 2 N–H and O–H groups in total. The second kappa shape index (κ2) is 8.26. The molecule has 7 nitrogen and oxygen atoms in total. The van der Waals surface area contributed by atoms with Crippen LogP contribution in [0.25, 0.3) is 11.3 Å². The smallest absolute Gasteiger partial charge is 0.346 e. The van der Waals surface area contributed by atoms with Crippen molar-refractivity contribution in [2.75, 3.05) is 6.54 Å². The first-order valence-electron chi connectivity index (χ1n) is 9.79. The zero-order valence-corrected chi connectivity index (χ0v) is 16.1. The fourth-order valence-electron chi connectivity index (χ4n) is 3.78. The highest BCUT2D eigenvalue weighted by Gasteiger charge is 2.28. The van der Waals surface area contributed by atoms with Crippen molar-refractivity contribution in [3.8, 4) is 11.3 Å². The first-order chi connectivity index (χ1) is 14.1. The molecule has 0 radical (unpaired) electrons. The van der Waals surface area contributed by atoms with Crippen LogP contribution in [0.2, 0.25) is 0 Å². The van der Waals surface area contributed by atoms with Crippen molar-refractivity contribution in [1.82, 2.24) is 19.9 Å². The Balaban J connectivity index is 1.51. The Bertz CT molecular complexity index is 998. The lowest BCUT2D eigenvalue weighted by Gasteiger charge is -2.35. The average molecular weight is 389 g/mol. The first kappa shape index (κ1) is 18.9. The second-order valence-electron chi connectivity index (χ2n) is 7.31. The lowest BCUT2D eigenvalue weighted by atomic mass is 9.96. The molecule has 7 heteroatoms. The molecule has 1 aliphatic rings. The predicted octanol–water partition coefficient (Wildman–Crippen LogP) is 3.11. The Labute approximate surface area is 169 Å². The van der Waals surface area contributed by atoms with Gasteiger partial charge in [-0.1, -0.05) is 47.7 Å². The Hall–Kier alpha value is -3.48. The topological polar surface area (TPSA) is 94.1 Å². The molecule has 29 heavy (non-hydrogen) atoms. The van der Waals surface area contributed by atoms with Crippen LogP contribution >= 0.6 is 0 Å². The number of benzene rings is 2. The molecular weight excluding hydrogens is 366 g/mol. The summed E-state index contributed by atoms with van der Waals surface area (Å²) in [4.78, 5) is 26.2. The highest BCUT2D eigenvalue weighted by Crippen LogP contribution is 2.23. The molecule has 148 valence electrons. The zero-order valence-electron chi connectivity index (χ0n) is 16.1. The summed E-state index contributed by atoms with van der Waals surface area (Å²) in [5.41, 5.74) is 8.28. The van der Waals surface area contributed by atoms with E-state index in [0.29, 0.717) is 11.3 Å². The van der Waals surface area contributed by atoms with Gasteiger partial charge in [0.25, 0.3) is 0 Å². The summed E-state index contributed by atoms with van der Waals surface area (Å²) in [5, 5.41) is 8.19. The van der Waals surface area contributed by atoms with Crippen LogP contribution in [0, 0.1) is 0 Å². The number of nitrogens with two attached hydrogens (primary N) is 1. The largest absolute Gasteiger partial charge is 0.366 e. The molecule has 0 spiro atoms. The highest BCUT2D eigenvalue weighted by atomic mass is 16.2. The van der Waals surface area contributed by atoms with Crippen molar-refractivity contribution in [1.29, 1.82) is 0 Å². The molecule has 1 fully saturated rings. The highest BCUT2D eigenvalue weighted by molar-refractivity contribution is 5.93. The Morgan fingerprint density at radius 3 is 2.52 bits per heavy atom. The van der Waals surface area contributed by atoms with Crippen LogP contribution in [-0.2, 0) is 6.42 Å². The lowest BCUT2D eigenvalue weighted by Crippen LogP contribution is -2.46. The van der Waals surface area contributed by atoms with E-state index in [1.165, 1.54) is 10.2 Å². The first-order valence-corrected chi connectivity index (χ1v) is 9.79. The van der Waals surface area contributed by atoms with Gasteiger partial charge in [-0.15, -0.1) is 5.10 Å². The SMILES string of the molecule is NC(=O)c1ccc(-c2cn(C(=O)N3CCCCC3Cc3ccccc3)nn2)cc1. The van der Waals surface area contributed by atoms with Crippen LogP contribution in [0.1, 0.15) is 35.2 Å². The van der Waals surface area contributed by atoms with Gasteiger partial charge < -0.3 is 10.6 Å². The van der Waals surface area contributed by atoms with Crippen LogP contribution < -0.4 is 5.73 Å². The number of piperidine rings is 1. The molecule has 0 bridgehead atoms. The molecule has 1 aromatic heterocycles. The molecular formula is C22H23N5O2. The van der Waals surface area contributed by atoms with Crippen LogP contribution in [0.3, 0.4) is 0 Å². The number of nitrogens with zero attached hydrogens (tertiary/aromatic N) is 4. The average Bonchev–Trinajstić information content (AvgIpc) is 3.25. The van der Waals surface area contributed by atoms with E-state index in [1.54, 1.807) is 30.5 Å². The van der Waals surface area contributed by atoms with E-state index in [2.05, 4.69) is 22.4 Å². The third kappa shape index (κ3) is 4.18. The number of carbonyl (C=O) groups is 2. The van der Waals surface area contributed by atoms with Crippen molar-refractivity contribution in [3.63, 3.8) is 0 Å². The Morgan fingerprint density at radius 2 is 1.79 bits per heavy atom. The summed E-state index contributed by atoms with van der Waals surface area (Å²) in [5.74, 6) is -0.482. The fourth-order valence-corrected chi connectivity index (χ4v) is 3.78. The number of hydrogen-bond acceptors (Lipinski definition) is 4. The maximum Gasteiger partial charge on any atom is 0.346 e. The van der Waals surface area contributed by atoms with E-state index in [1.807, 2.05) is 23.1 Å². The molecule has 1 atom stereocenters. The van der Waals surface area contributed by atoms with Crippen molar-refractivity contribution in [2.24, 2.45) is 5.73 Å². The predicted molar refractivity (Wildman–Crippen MR) is 109 cm³/mol. The standard InChI is InChI=1S/C22H23N5O2/c23-21(28)18-11-9-17(10-12-18)20-15-27(25-24-20)22(29)26-13-5-4-8-19(26)14-16-6-2-1-3-7-16/h1-3,6-7,9-12,15,19H,4-5,8,13-14H2,(H2,23,28). The van der Waals surface area contributed by atoms with E-state index in [-0.39, 0.29) is 12.1 Å². The summed E-state index contributed by atoms with van der Waals surface area (Å²) >= 11 is 0. The van der Waals surface area contributed by atoms with Crippen molar-refractivity contribution in [2.45, 2.75) is 31.7 Å². The molecule has 1 saturated heterocycles. The van der Waals surface area contributed by atoms with Crippen molar-refractivity contribution >= 4 is 11.9 Å².